The van der Waals surface area contributed by atoms with E-state index in [2.05, 4.69) is 10.3 Å². The van der Waals surface area contributed by atoms with E-state index in [-0.39, 0.29) is 5.91 Å². The number of nitrogens with zero attached hydrogens (tertiary/aromatic N) is 3. The van der Waals surface area contributed by atoms with Crippen molar-refractivity contribution < 1.29 is 17.9 Å². The number of hydrogen-bond donors (Lipinski definition) is 1. The highest BCUT2D eigenvalue weighted by molar-refractivity contribution is 7.92. The molecule has 26 heavy (non-hydrogen) atoms. The molecule has 0 saturated carbocycles. The van der Waals surface area contributed by atoms with Gasteiger partial charge >= 0.3 is 0 Å². The molecule has 0 unspecified atom stereocenters. The Kier molecular flexibility index (Phi) is 6.62. The van der Waals surface area contributed by atoms with E-state index in [4.69, 9.17) is 4.74 Å². The number of carbonyl (C=O) groups excluding carboxylic acids is 1. The first kappa shape index (κ1) is 19.8. The maximum absolute atomic E-state index is 12.4. The molecule has 1 aromatic carbocycles. The van der Waals surface area contributed by atoms with Gasteiger partial charge in [-0.2, -0.15) is 0 Å². The molecular formula is C17H24N4O4S. The maximum atomic E-state index is 12.4. The minimum absolute atomic E-state index is 0.350. The largest absolute Gasteiger partial charge is 0.497 e. The van der Waals surface area contributed by atoms with Crippen molar-refractivity contribution >= 4 is 21.6 Å². The van der Waals surface area contributed by atoms with Crippen LogP contribution in [0.25, 0.3) is 0 Å². The first-order chi connectivity index (χ1) is 12.3. The Balaban J connectivity index is 2.00. The molecule has 1 heterocycles. The molecule has 0 spiro atoms. The molecule has 9 heteroatoms. The lowest BCUT2D eigenvalue weighted by atomic mass is 10.2. The van der Waals surface area contributed by atoms with Crippen LogP contribution in [0.2, 0.25) is 0 Å². The molecule has 1 atom stereocenters. The second-order valence-electron chi connectivity index (χ2n) is 5.88. The topological polar surface area (TPSA) is 93.5 Å². The fourth-order valence-corrected chi connectivity index (χ4v) is 3.75. The lowest BCUT2D eigenvalue weighted by Crippen LogP contribution is -2.48. The highest BCUT2D eigenvalue weighted by Crippen LogP contribution is 2.23. The number of amides is 1. The Bertz CT molecular complexity index is 804. The maximum Gasteiger partial charge on any atom is 0.243 e. The third kappa shape index (κ3) is 5.22. The molecule has 2 rings (SSSR count). The number of methoxy groups -OCH3 is 1. The minimum atomic E-state index is -3.63. The first-order valence-electron chi connectivity index (χ1n) is 8.20. The van der Waals surface area contributed by atoms with E-state index in [1.54, 1.807) is 43.7 Å². The number of imidazole rings is 1. The van der Waals surface area contributed by atoms with Crippen LogP contribution in [-0.4, -0.2) is 49.8 Å². The van der Waals surface area contributed by atoms with Gasteiger partial charge in [0.1, 0.15) is 11.8 Å². The second-order valence-corrected chi connectivity index (χ2v) is 7.74. The van der Waals surface area contributed by atoms with Crippen LogP contribution < -0.4 is 14.4 Å². The lowest BCUT2D eigenvalue weighted by Gasteiger charge is -2.28. The van der Waals surface area contributed by atoms with Crippen LogP contribution in [0.4, 0.5) is 5.69 Å². The fourth-order valence-electron chi connectivity index (χ4n) is 2.58. The van der Waals surface area contributed by atoms with Crippen LogP contribution in [0.5, 0.6) is 5.75 Å². The SMILES string of the molecule is COc1ccc(N([C@@H](C)C(=O)NCCCn2ccnc2)S(C)(=O)=O)cc1. The monoisotopic (exact) mass is 380 g/mol. The smallest absolute Gasteiger partial charge is 0.243 e. The van der Waals surface area contributed by atoms with Crippen molar-refractivity contribution in [1.29, 1.82) is 0 Å². The Labute approximate surface area is 153 Å². The summed E-state index contributed by atoms with van der Waals surface area (Å²) in [7, 11) is -2.10. The zero-order valence-corrected chi connectivity index (χ0v) is 15.9. The molecule has 0 radical (unpaired) electrons. The third-order valence-corrected chi connectivity index (χ3v) is 5.11. The van der Waals surface area contributed by atoms with Gasteiger partial charge in [0.2, 0.25) is 15.9 Å². The van der Waals surface area contributed by atoms with Crippen LogP contribution in [0.15, 0.2) is 43.0 Å². The molecule has 0 aliphatic heterocycles. The van der Waals surface area contributed by atoms with Crippen molar-refractivity contribution in [3.8, 4) is 5.75 Å². The average Bonchev–Trinajstić information content (AvgIpc) is 3.11. The number of benzene rings is 1. The van der Waals surface area contributed by atoms with Crippen molar-refractivity contribution in [3.05, 3.63) is 43.0 Å². The predicted molar refractivity (Wildman–Crippen MR) is 99.6 cm³/mol. The molecule has 8 nitrogen and oxygen atoms in total. The van der Waals surface area contributed by atoms with Crippen molar-refractivity contribution in [2.24, 2.45) is 0 Å². The summed E-state index contributed by atoms with van der Waals surface area (Å²) < 4.78 is 32.6. The average molecular weight is 380 g/mol. The van der Waals surface area contributed by atoms with Crippen LogP contribution >= 0.6 is 0 Å². The summed E-state index contributed by atoms with van der Waals surface area (Å²) in [5, 5.41) is 2.79. The van der Waals surface area contributed by atoms with Gasteiger partial charge in [-0.3, -0.25) is 9.10 Å². The van der Waals surface area contributed by atoms with Gasteiger partial charge in [-0.25, -0.2) is 13.4 Å². The van der Waals surface area contributed by atoms with Crippen molar-refractivity contribution in [2.45, 2.75) is 25.9 Å². The Morgan fingerprint density at radius 3 is 2.58 bits per heavy atom. The number of ether oxygens (including phenoxy) is 1. The quantitative estimate of drug-likeness (QED) is 0.661. The summed E-state index contributed by atoms with van der Waals surface area (Å²) in [5.41, 5.74) is 0.411. The molecule has 1 N–H and O–H groups in total. The predicted octanol–water partition coefficient (Wildman–Crippen LogP) is 1.25. The second kappa shape index (κ2) is 8.70. The molecule has 0 bridgehead atoms. The molecule has 2 aromatic rings. The molecule has 0 aliphatic carbocycles. The molecule has 0 saturated heterocycles. The van der Waals surface area contributed by atoms with E-state index in [0.29, 0.717) is 18.0 Å². The number of anilines is 1. The normalized spacial score (nSPS) is 12.4. The van der Waals surface area contributed by atoms with Gasteiger partial charge in [-0.1, -0.05) is 0 Å². The Hall–Kier alpha value is -2.55. The van der Waals surface area contributed by atoms with E-state index in [9.17, 15) is 13.2 Å². The third-order valence-electron chi connectivity index (χ3n) is 3.87. The number of aromatic nitrogens is 2. The van der Waals surface area contributed by atoms with E-state index < -0.39 is 16.1 Å². The van der Waals surface area contributed by atoms with Gasteiger partial charge in [0.05, 0.1) is 25.4 Å². The van der Waals surface area contributed by atoms with E-state index in [1.165, 1.54) is 7.11 Å². The van der Waals surface area contributed by atoms with Crippen LogP contribution in [0.1, 0.15) is 13.3 Å². The van der Waals surface area contributed by atoms with Gasteiger partial charge < -0.3 is 14.6 Å². The van der Waals surface area contributed by atoms with Crippen molar-refractivity contribution in [1.82, 2.24) is 14.9 Å². The van der Waals surface area contributed by atoms with Crippen LogP contribution in [0, 0.1) is 0 Å². The molecular weight excluding hydrogens is 356 g/mol. The van der Waals surface area contributed by atoms with Crippen LogP contribution in [-0.2, 0) is 21.4 Å². The zero-order chi connectivity index (χ0) is 19.2. The van der Waals surface area contributed by atoms with E-state index in [0.717, 1.165) is 23.5 Å². The van der Waals surface area contributed by atoms with Crippen molar-refractivity contribution in [2.75, 3.05) is 24.2 Å². The van der Waals surface area contributed by atoms with Gasteiger partial charge in [0.25, 0.3) is 0 Å². The van der Waals surface area contributed by atoms with Gasteiger partial charge in [0.15, 0.2) is 0 Å². The van der Waals surface area contributed by atoms with Gasteiger partial charge in [-0.15, -0.1) is 0 Å². The highest BCUT2D eigenvalue weighted by Gasteiger charge is 2.28. The van der Waals surface area contributed by atoms with Gasteiger partial charge in [-0.05, 0) is 37.6 Å². The number of nitrogens with one attached hydrogen (secondary N) is 1. The molecule has 1 amide bonds. The summed E-state index contributed by atoms with van der Waals surface area (Å²) in [6.45, 7) is 2.74. The fraction of sp³-hybridized carbons (Fsp3) is 0.412. The van der Waals surface area contributed by atoms with E-state index in [1.807, 2.05) is 10.8 Å². The lowest BCUT2D eigenvalue weighted by molar-refractivity contribution is -0.121. The summed E-state index contributed by atoms with van der Waals surface area (Å²) in [6, 6.07) is 5.67. The minimum Gasteiger partial charge on any atom is -0.497 e. The summed E-state index contributed by atoms with van der Waals surface area (Å²) >= 11 is 0. The molecule has 142 valence electrons. The zero-order valence-electron chi connectivity index (χ0n) is 15.1. The summed E-state index contributed by atoms with van der Waals surface area (Å²) in [6.07, 6.45) is 7.05. The standard InChI is InChI=1S/C17H24N4O4S/c1-14(17(22)19-9-4-11-20-12-10-18-13-20)21(26(3,23)24)15-5-7-16(25-2)8-6-15/h5-8,10,12-14H,4,9,11H2,1-3H3,(H,19,22)/t14-/m0/s1. The number of aryl methyl sites for hydroxylation is 1. The highest BCUT2D eigenvalue weighted by atomic mass is 32.2. The summed E-state index contributed by atoms with van der Waals surface area (Å²) in [5.74, 6) is 0.260. The number of carbonyl (C=O) groups is 1. The first-order valence-corrected chi connectivity index (χ1v) is 10.0. The molecule has 0 aliphatic rings. The number of sulfonamides is 1. The molecule has 0 fully saturated rings. The van der Waals surface area contributed by atoms with Crippen molar-refractivity contribution in [3.63, 3.8) is 0 Å². The number of hydrogen-bond acceptors (Lipinski definition) is 5. The Morgan fingerprint density at radius 2 is 2.04 bits per heavy atom. The number of rotatable bonds is 9. The Morgan fingerprint density at radius 1 is 1.35 bits per heavy atom. The molecule has 1 aromatic heterocycles. The van der Waals surface area contributed by atoms with E-state index >= 15 is 0 Å². The summed E-state index contributed by atoms with van der Waals surface area (Å²) in [4.78, 5) is 16.4. The van der Waals surface area contributed by atoms with Gasteiger partial charge in [0, 0.05) is 25.5 Å². The van der Waals surface area contributed by atoms with Crippen LogP contribution in [0.3, 0.4) is 0 Å².